The maximum atomic E-state index is 11.7. The molecule has 0 saturated carbocycles. The maximum Gasteiger partial charge on any atom is 0.220 e. The molecule has 6 heteroatoms. The molecule has 0 fully saturated rings. The van der Waals surface area contributed by atoms with Gasteiger partial charge in [0, 0.05) is 30.6 Å². The Balaban J connectivity index is 2.21. The lowest BCUT2D eigenvalue weighted by atomic mass is 10.1. The van der Waals surface area contributed by atoms with Gasteiger partial charge in [-0.2, -0.15) is 0 Å². The number of hydrogen-bond acceptors (Lipinski definition) is 4. The van der Waals surface area contributed by atoms with Crippen LogP contribution in [0, 0.1) is 0 Å². The number of hydrogen-bond donors (Lipinski definition) is 2. The summed E-state index contributed by atoms with van der Waals surface area (Å²) in [5.74, 6) is 1.92. The lowest BCUT2D eigenvalue weighted by molar-refractivity contribution is -0.121. The molecule has 1 aromatic heterocycles. The topological polar surface area (TPSA) is 72.6 Å². The zero-order valence-corrected chi connectivity index (χ0v) is 14.8. The highest BCUT2D eigenvalue weighted by Crippen LogP contribution is 2.44. The summed E-state index contributed by atoms with van der Waals surface area (Å²) in [4.78, 5) is 15.0. The summed E-state index contributed by atoms with van der Waals surface area (Å²) in [5, 5.41) is 3.92. The van der Waals surface area contributed by atoms with Crippen molar-refractivity contribution < 1.29 is 19.0 Å². The fourth-order valence-electron chi connectivity index (χ4n) is 2.79. The first-order valence-electron chi connectivity index (χ1n) is 8.21. The van der Waals surface area contributed by atoms with Gasteiger partial charge in [-0.25, -0.2) is 0 Å². The molecule has 1 aromatic carbocycles. The number of rotatable bonds is 9. The predicted molar refractivity (Wildman–Crippen MR) is 94.2 cm³/mol. The van der Waals surface area contributed by atoms with Crippen LogP contribution in [0.1, 0.15) is 31.7 Å². The van der Waals surface area contributed by atoms with Crippen LogP contribution in [-0.4, -0.2) is 38.8 Å². The molecule has 2 aromatic rings. The summed E-state index contributed by atoms with van der Waals surface area (Å²) < 4.78 is 16.4. The summed E-state index contributed by atoms with van der Waals surface area (Å²) in [5.41, 5.74) is 1.98. The van der Waals surface area contributed by atoms with Crippen molar-refractivity contribution in [2.45, 2.75) is 32.6 Å². The average Bonchev–Trinajstić information content (AvgIpc) is 3.00. The van der Waals surface area contributed by atoms with Crippen LogP contribution in [0.25, 0.3) is 10.9 Å². The predicted octanol–water partition coefficient (Wildman–Crippen LogP) is 3.04. The zero-order chi connectivity index (χ0) is 17.5. The second-order valence-electron chi connectivity index (χ2n) is 5.59. The van der Waals surface area contributed by atoms with Crippen LogP contribution in [0.5, 0.6) is 17.2 Å². The number of ether oxygens (including phenoxy) is 3. The van der Waals surface area contributed by atoms with Gasteiger partial charge in [-0.1, -0.05) is 13.3 Å². The summed E-state index contributed by atoms with van der Waals surface area (Å²) in [6.45, 7) is 2.67. The molecular formula is C18H26N2O4. The van der Waals surface area contributed by atoms with Gasteiger partial charge in [0.25, 0.3) is 0 Å². The van der Waals surface area contributed by atoms with E-state index in [0.717, 1.165) is 29.3 Å². The van der Waals surface area contributed by atoms with E-state index in [2.05, 4.69) is 17.2 Å². The molecule has 6 nitrogen and oxygen atoms in total. The van der Waals surface area contributed by atoms with Gasteiger partial charge in [0.2, 0.25) is 11.7 Å². The number of unbranched alkanes of at least 4 members (excludes halogenated alkanes) is 1. The molecule has 2 N–H and O–H groups in total. The minimum Gasteiger partial charge on any atom is -0.493 e. The van der Waals surface area contributed by atoms with Gasteiger partial charge in [-0.3, -0.25) is 4.79 Å². The smallest absolute Gasteiger partial charge is 0.220 e. The van der Waals surface area contributed by atoms with Gasteiger partial charge in [-0.05, 0) is 18.4 Å². The number of H-pyrrole nitrogens is 1. The average molecular weight is 334 g/mol. The molecule has 1 amide bonds. The Bertz CT molecular complexity index is 694. The third-order valence-electron chi connectivity index (χ3n) is 4.03. The largest absolute Gasteiger partial charge is 0.493 e. The molecule has 0 atom stereocenters. The first-order chi connectivity index (χ1) is 11.7. The van der Waals surface area contributed by atoms with E-state index in [1.165, 1.54) is 0 Å². The van der Waals surface area contributed by atoms with Crippen molar-refractivity contribution in [3.8, 4) is 17.2 Å². The first kappa shape index (κ1) is 18.0. The van der Waals surface area contributed by atoms with Crippen LogP contribution in [0.3, 0.4) is 0 Å². The summed E-state index contributed by atoms with van der Waals surface area (Å²) in [6, 6.07) is 1.89. The molecule has 0 bridgehead atoms. The minimum atomic E-state index is 0.0999. The SMILES string of the molecule is CCCCC(=O)NCCc1c[nH]c2cc(OC)c(OC)c(OC)c12. The number of aromatic amines is 1. The number of benzene rings is 1. The molecule has 2 rings (SSSR count). The van der Waals surface area contributed by atoms with E-state index in [4.69, 9.17) is 14.2 Å². The second-order valence-corrected chi connectivity index (χ2v) is 5.59. The lowest BCUT2D eigenvalue weighted by Gasteiger charge is -2.14. The Hall–Kier alpha value is -2.37. The number of carbonyl (C=O) groups excluding carboxylic acids is 1. The van der Waals surface area contributed by atoms with E-state index in [1.54, 1.807) is 21.3 Å². The van der Waals surface area contributed by atoms with Gasteiger partial charge in [0.1, 0.15) is 0 Å². The van der Waals surface area contributed by atoms with Gasteiger partial charge >= 0.3 is 0 Å². The molecule has 0 aliphatic rings. The normalized spacial score (nSPS) is 10.7. The third kappa shape index (κ3) is 3.75. The van der Waals surface area contributed by atoms with E-state index in [0.29, 0.717) is 36.6 Å². The molecule has 132 valence electrons. The monoisotopic (exact) mass is 334 g/mol. The van der Waals surface area contributed by atoms with Crippen LogP contribution >= 0.6 is 0 Å². The molecule has 24 heavy (non-hydrogen) atoms. The highest BCUT2D eigenvalue weighted by molar-refractivity contribution is 5.94. The van der Waals surface area contributed by atoms with Crippen LogP contribution < -0.4 is 19.5 Å². The highest BCUT2D eigenvalue weighted by Gasteiger charge is 2.19. The van der Waals surface area contributed by atoms with Crippen molar-refractivity contribution in [1.82, 2.24) is 10.3 Å². The maximum absolute atomic E-state index is 11.7. The molecular weight excluding hydrogens is 308 g/mol. The highest BCUT2D eigenvalue weighted by atomic mass is 16.5. The Morgan fingerprint density at radius 3 is 2.54 bits per heavy atom. The van der Waals surface area contributed by atoms with Crippen LogP contribution in [0.2, 0.25) is 0 Å². The number of amides is 1. The Labute approximate surface area is 142 Å². The molecule has 0 saturated heterocycles. The molecule has 0 spiro atoms. The van der Waals surface area contributed by atoms with E-state index in [-0.39, 0.29) is 5.91 Å². The van der Waals surface area contributed by atoms with E-state index in [9.17, 15) is 4.79 Å². The quantitative estimate of drug-likeness (QED) is 0.739. The summed E-state index contributed by atoms with van der Waals surface area (Å²) >= 11 is 0. The van der Waals surface area contributed by atoms with Gasteiger partial charge in [-0.15, -0.1) is 0 Å². The Kier molecular flexibility index (Phi) is 6.35. The number of fused-ring (bicyclic) bond motifs is 1. The molecule has 0 unspecified atom stereocenters. The van der Waals surface area contributed by atoms with Crippen LogP contribution in [0.4, 0.5) is 0 Å². The standard InChI is InChI=1S/C18H26N2O4/c1-5-6-7-15(21)19-9-8-12-11-20-13-10-14(22-2)17(23-3)18(24-4)16(12)13/h10-11,20H,5-9H2,1-4H3,(H,19,21). The Morgan fingerprint density at radius 1 is 1.17 bits per heavy atom. The minimum absolute atomic E-state index is 0.0999. The van der Waals surface area contributed by atoms with Gasteiger partial charge in [0.05, 0.1) is 26.8 Å². The Morgan fingerprint density at radius 2 is 1.92 bits per heavy atom. The first-order valence-corrected chi connectivity index (χ1v) is 8.21. The van der Waals surface area contributed by atoms with Crippen molar-refractivity contribution in [2.75, 3.05) is 27.9 Å². The van der Waals surface area contributed by atoms with Gasteiger partial charge < -0.3 is 24.5 Å². The summed E-state index contributed by atoms with van der Waals surface area (Å²) in [7, 11) is 4.80. The van der Waals surface area contributed by atoms with Crippen molar-refractivity contribution in [1.29, 1.82) is 0 Å². The van der Waals surface area contributed by atoms with Crippen LogP contribution in [-0.2, 0) is 11.2 Å². The number of aromatic nitrogens is 1. The van der Waals surface area contributed by atoms with E-state index < -0.39 is 0 Å². The number of carbonyl (C=O) groups is 1. The van der Waals surface area contributed by atoms with E-state index in [1.807, 2.05) is 12.3 Å². The van der Waals surface area contributed by atoms with Crippen molar-refractivity contribution in [2.24, 2.45) is 0 Å². The zero-order valence-electron chi connectivity index (χ0n) is 14.8. The molecule has 0 aliphatic heterocycles. The number of nitrogens with one attached hydrogen (secondary N) is 2. The molecule has 1 heterocycles. The summed E-state index contributed by atoms with van der Waals surface area (Å²) in [6.07, 6.45) is 5.17. The van der Waals surface area contributed by atoms with Gasteiger partial charge in [0.15, 0.2) is 11.5 Å². The third-order valence-corrected chi connectivity index (χ3v) is 4.03. The molecule has 0 aliphatic carbocycles. The van der Waals surface area contributed by atoms with Crippen LogP contribution in [0.15, 0.2) is 12.3 Å². The lowest BCUT2D eigenvalue weighted by Crippen LogP contribution is -2.25. The van der Waals surface area contributed by atoms with Crippen molar-refractivity contribution in [3.63, 3.8) is 0 Å². The van der Waals surface area contributed by atoms with Crippen molar-refractivity contribution >= 4 is 16.8 Å². The number of methoxy groups -OCH3 is 3. The second kappa shape index (κ2) is 8.47. The fourth-order valence-corrected chi connectivity index (χ4v) is 2.79. The molecule has 0 radical (unpaired) electrons. The van der Waals surface area contributed by atoms with Crippen molar-refractivity contribution in [3.05, 3.63) is 17.8 Å². The fraction of sp³-hybridized carbons (Fsp3) is 0.500. The van der Waals surface area contributed by atoms with E-state index >= 15 is 0 Å².